The molecule has 3 nitrogen and oxygen atoms in total. The molecule has 1 saturated heterocycles. The Labute approximate surface area is 108 Å². The molecule has 0 spiro atoms. The van der Waals surface area contributed by atoms with Crippen LogP contribution in [-0.4, -0.2) is 17.5 Å². The summed E-state index contributed by atoms with van der Waals surface area (Å²) in [6.07, 6.45) is 3.25. The molecule has 94 valence electrons. The minimum absolute atomic E-state index is 0. The summed E-state index contributed by atoms with van der Waals surface area (Å²) in [5.74, 6) is 0. The van der Waals surface area contributed by atoms with Crippen LogP contribution in [0.3, 0.4) is 0 Å². The van der Waals surface area contributed by atoms with Crippen LogP contribution in [0.15, 0.2) is 24.3 Å². The lowest BCUT2D eigenvalue weighted by Crippen LogP contribution is -2.41. The molecule has 1 unspecified atom stereocenters. The first-order valence-corrected chi connectivity index (χ1v) is 5.81. The zero-order valence-corrected chi connectivity index (χ0v) is 10.9. The summed E-state index contributed by atoms with van der Waals surface area (Å²) in [6.45, 7) is 2.85. The van der Waals surface area contributed by atoms with Crippen LogP contribution in [0, 0.1) is 6.92 Å². The van der Waals surface area contributed by atoms with Crippen molar-refractivity contribution in [2.75, 3.05) is 6.54 Å². The van der Waals surface area contributed by atoms with E-state index in [0.717, 1.165) is 19.4 Å². The highest BCUT2D eigenvalue weighted by Crippen LogP contribution is 2.30. The highest BCUT2D eigenvalue weighted by atomic mass is 35.5. The Morgan fingerprint density at radius 2 is 1.94 bits per heavy atom. The monoisotopic (exact) mass is 254 g/mol. The number of likely N-dealkylation sites (tertiary alicyclic amines) is 1. The van der Waals surface area contributed by atoms with Crippen molar-refractivity contribution in [1.82, 2.24) is 4.90 Å². The molecule has 1 heterocycles. The third-order valence-electron chi connectivity index (χ3n) is 3.25. The number of hydrogen-bond acceptors (Lipinski definition) is 1. The first kappa shape index (κ1) is 13.8. The summed E-state index contributed by atoms with van der Waals surface area (Å²) in [4.78, 5) is 13.1. The number of amides is 2. The molecule has 0 aromatic heterocycles. The maximum atomic E-state index is 11.4. The Bertz CT molecular complexity index is 378. The van der Waals surface area contributed by atoms with E-state index in [0.29, 0.717) is 0 Å². The molecule has 2 rings (SSSR count). The summed E-state index contributed by atoms with van der Waals surface area (Å²) in [7, 11) is 0. The largest absolute Gasteiger partial charge is 0.351 e. The van der Waals surface area contributed by atoms with Gasteiger partial charge in [0.05, 0.1) is 6.04 Å². The lowest BCUT2D eigenvalue weighted by atomic mass is 9.95. The summed E-state index contributed by atoms with van der Waals surface area (Å²) < 4.78 is 0. The van der Waals surface area contributed by atoms with Crippen LogP contribution in [0.2, 0.25) is 0 Å². The van der Waals surface area contributed by atoms with E-state index in [2.05, 4.69) is 31.2 Å². The second-order valence-electron chi connectivity index (χ2n) is 4.45. The number of hydrogen-bond donors (Lipinski definition) is 1. The van der Waals surface area contributed by atoms with E-state index in [-0.39, 0.29) is 24.5 Å². The third-order valence-corrected chi connectivity index (χ3v) is 3.25. The topological polar surface area (TPSA) is 46.3 Å². The number of benzene rings is 1. The van der Waals surface area contributed by atoms with Crippen LogP contribution in [-0.2, 0) is 0 Å². The molecule has 0 aliphatic carbocycles. The van der Waals surface area contributed by atoms with Gasteiger partial charge in [-0.3, -0.25) is 0 Å². The predicted molar refractivity (Wildman–Crippen MR) is 71.3 cm³/mol. The van der Waals surface area contributed by atoms with Gasteiger partial charge in [-0.25, -0.2) is 4.79 Å². The highest BCUT2D eigenvalue weighted by Gasteiger charge is 2.26. The number of rotatable bonds is 1. The van der Waals surface area contributed by atoms with E-state index in [1.54, 1.807) is 4.90 Å². The molecule has 2 amide bonds. The molecule has 1 aromatic carbocycles. The maximum absolute atomic E-state index is 11.4. The fourth-order valence-corrected chi connectivity index (χ4v) is 2.33. The zero-order valence-electron chi connectivity index (χ0n) is 10.1. The number of primary amides is 1. The average Bonchev–Trinajstić information content (AvgIpc) is 2.30. The Morgan fingerprint density at radius 3 is 2.53 bits per heavy atom. The van der Waals surface area contributed by atoms with Gasteiger partial charge in [-0.1, -0.05) is 29.8 Å². The molecule has 2 N–H and O–H groups in total. The van der Waals surface area contributed by atoms with E-state index in [1.165, 1.54) is 17.5 Å². The van der Waals surface area contributed by atoms with Crippen LogP contribution in [0.1, 0.15) is 36.4 Å². The van der Waals surface area contributed by atoms with Crippen molar-refractivity contribution < 1.29 is 4.79 Å². The van der Waals surface area contributed by atoms with Crippen molar-refractivity contribution in [2.45, 2.75) is 32.2 Å². The van der Waals surface area contributed by atoms with E-state index < -0.39 is 0 Å². The van der Waals surface area contributed by atoms with E-state index >= 15 is 0 Å². The first-order valence-electron chi connectivity index (χ1n) is 5.81. The standard InChI is InChI=1S/C13H18N2O.ClH/c1-10-5-7-11(8-6-10)12-4-2-3-9-15(12)13(14)16;/h5-8,12H,2-4,9H2,1H3,(H2,14,16);1H. The SMILES string of the molecule is Cc1ccc(C2CCCCN2C(N)=O)cc1.Cl. The van der Waals surface area contributed by atoms with Crippen molar-refractivity contribution in [2.24, 2.45) is 5.73 Å². The Balaban J connectivity index is 0.00000144. The summed E-state index contributed by atoms with van der Waals surface area (Å²) >= 11 is 0. The van der Waals surface area contributed by atoms with E-state index in [9.17, 15) is 4.79 Å². The van der Waals surface area contributed by atoms with E-state index in [4.69, 9.17) is 5.73 Å². The van der Waals surface area contributed by atoms with Gasteiger partial charge >= 0.3 is 6.03 Å². The molecule has 1 fully saturated rings. The molecule has 1 aromatic rings. The lowest BCUT2D eigenvalue weighted by molar-refractivity contribution is 0.160. The fourth-order valence-electron chi connectivity index (χ4n) is 2.33. The summed E-state index contributed by atoms with van der Waals surface area (Å²) in [5, 5.41) is 0. The van der Waals surface area contributed by atoms with Crippen LogP contribution in [0.25, 0.3) is 0 Å². The van der Waals surface area contributed by atoms with Crippen molar-refractivity contribution in [3.63, 3.8) is 0 Å². The van der Waals surface area contributed by atoms with Crippen LogP contribution in [0.5, 0.6) is 0 Å². The number of piperidine rings is 1. The number of nitrogens with two attached hydrogens (primary N) is 1. The van der Waals surface area contributed by atoms with Gasteiger partial charge in [-0.15, -0.1) is 12.4 Å². The number of aryl methyl sites for hydroxylation is 1. The van der Waals surface area contributed by atoms with Gasteiger partial charge in [0.25, 0.3) is 0 Å². The normalized spacial score (nSPS) is 19.6. The molecule has 1 aliphatic rings. The predicted octanol–water partition coefficient (Wildman–Crippen LogP) is 3.02. The van der Waals surface area contributed by atoms with Crippen LogP contribution < -0.4 is 5.73 Å². The van der Waals surface area contributed by atoms with Gasteiger partial charge < -0.3 is 10.6 Å². The number of halogens is 1. The number of carbonyl (C=O) groups is 1. The Kier molecular flexibility index (Phi) is 4.82. The quantitative estimate of drug-likeness (QED) is 0.823. The van der Waals surface area contributed by atoms with Gasteiger partial charge in [0.15, 0.2) is 0 Å². The molecule has 4 heteroatoms. The fraction of sp³-hybridized carbons (Fsp3) is 0.462. The van der Waals surface area contributed by atoms with Crippen molar-refractivity contribution in [3.8, 4) is 0 Å². The van der Waals surface area contributed by atoms with Gasteiger partial charge in [-0.2, -0.15) is 0 Å². The maximum Gasteiger partial charge on any atom is 0.315 e. The molecule has 1 atom stereocenters. The first-order chi connectivity index (χ1) is 7.68. The third kappa shape index (κ3) is 3.13. The molecule has 1 aliphatic heterocycles. The lowest BCUT2D eigenvalue weighted by Gasteiger charge is -2.34. The van der Waals surface area contributed by atoms with Gasteiger partial charge in [0, 0.05) is 6.54 Å². The highest BCUT2D eigenvalue weighted by molar-refractivity contribution is 5.85. The second-order valence-corrected chi connectivity index (χ2v) is 4.45. The van der Waals surface area contributed by atoms with Crippen LogP contribution >= 0.6 is 12.4 Å². The number of nitrogens with zero attached hydrogens (tertiary/aromatic N) is 1. The van der Waals surface area contributed by atoms with Gasteiger partial charge in [0.2, 0.25) is 0 Å². The Hall–Kier alpha value is -1.22. The average molecular weight is 255 g/mol. The Morgan fingerprint density at radius 1 is 1.29 bits per heavy atom. The van der Waals surface area contributed by atoms with Crippen molar-refractivity contribution in [3.05, 3.63) is 35.4 Å². The minimum Gasteiger partial charge on any atom is -0.351 e. The molecule has 17 heavy (non-hydrogen) atoms. The minimum atomic E-state index is -0.301. The summed E-state index contributed by atoms with van der Waals surface area (Å²) in [5.41, 5.74) is 7.85. The second kappa shape index (κ2) is 5.92. The molecule has 0 radical (unpaired) electrons. The van der Waals surface area contributed by atoms with Crippen LogP contribution in [0.4, 0.5) is 4.79 Å². The van der Waals surface area contributed by atoms with E-state index in [1.807, 2.05) is 0 Å². The smallest absolute Gasteiger partial charge is 0.315 e. The number of carbonyl (C=O) groups excluding carboxylic acids is 1. The summed E-state index contributed by atoms with van der Waals surface area (Å²) in [6, 6.07) is 8.24. The zero-order chi connectivity index (χ0) is 11.5. The number of urea groups is 1. The van der Waals surface area contributed by atoms with Crippen molar-refractivity contribution >= 4 is 18.4 Å². The van der Waals surface area contributed by atoms with Gasteiger partial charge in [-0.05, 0) is 31.7 Å². The molecular weight excluding hydrogens is 236 g/mol. The van der Waals surface area contributed by atoms with Crippen molar-refractivity contribution in [1.29, 1.82) is 0 Å². The molecular formula is C13H19ClN2O. The van der Waals surface area contributed by atoms with Gasteiger partial charge in [0.1, 0.15) is 0 Å². The molecule has 0 bridgehead atoms. The molecule has 0 saturated carbocycles.